The Morgan fingerprint density at radius 1 is 1.12 bits per heavy atom. The molecule has 8 heteroatoms. The van der Waals surface area contributed by atoms with Crippen LogP contribution in [0.3, 0.4) is 0 Å². The maximum absolute atomic E-state index is 12.0. The van der Waals surface area contributed by atoms with Crippen molar-refractivity contribution in [3.8, 4) is 11.5 Å². The maximum atomic E-state index is 12.0. The fraction of sp³-hybridized carbons (Fsp3) is 0.118. The minimum Gasteiger partial charge on any atom is -0.457 e. The van der Waals surface area contributed by atoms with Crippen molar-refractivity contribution >= 4 is 46.3 Å². The summed E-state index contributed by atoms with van der Waals surface area (Å²) in [5, 5.41) is 12.3. The largest absolute Gasteiger partial charge is 0.457 e. The lowest BCUT2D eigenvalue weighted by molar-refractivity contribution is -0.113. The lowest BCUT2D eigenvalue weighted by Crippen LogP contribution is -2.13. The van der Waals surface area contributed by atoms with Crippen LogP contribution >= 0.6 is 34.7 Å². The van der Waals surface area contributed by atoms with Crippen LogP contribution in [0.15, 0.2) is 52.9 Å². The van der Waals surface area contributed by atoms with Crippen molar-refractivity contribution in [1.29, 1.82) is 0 Å². The molecule has 0 aliphatic heterocycles. The van der Waals surface area contributed by atoms with Crippen LogP contribution in [0.5, 0.6) is 11.5 Å². The van der Waals surface area contributed by atoms with Gasteiger partial charge in [-0.2, -0.15) is 0 Å². The number of benzene rings is 2. The molecule has 1 amide bonds. The number of thioether (sulfide) groups is 1. The monoisotopic (exact) mass is 391 g/mol. The minimum absolute atomic E-state index is 0.0933. The van der Waals surface area contributed by atoms with Crippen LogP contribution in [0.1, 0.15) is 5.01 Å². The number of aromatic nitrogens is 2. The molecule has 0 aliphatic carbocycles. The molecule has 5 nitrogen and oxygen atoms in total. The molecule has 0 saturated heterocycles. The van der Waals surface area contributed by atoms with Crippen LogP contribution < -0.4 is 10.1 Å². The highest BCUT2D eigenvalue weighted by Crippen LogP contribution is 2.25. The number of amides is 1. The second-order valence-corrected chi connectivity index (χ2v) is 7.84. The summed E-state index contributed by atoms with van der Waals surface area (Å²) in [4.78, 5) is 12.0. The zero-order chi connectivity index (χ0) is 17.6. The molecule has 0 unspecified atom stereocenters. The van der Waals surface area contributed by atoms with Gasteiger partial charge >= 0.3 is 0 Å². The molecule has 0 spiro atoms. The van der Waals surface area contributed by atoms with Gasteiger partial charge in [0.15, 0.2) is 4.34 Å². The van der Waals surface area contributed by atoms with Crippen molar-refractivity contribution in [2.24, 2.45) is 0 Å². The predicted octanol–water partition coefficient (Wildman–Crippen LogP) is 5.02. The fourth-order valence-corrected chi connectivity index (χ4v) is 3.65. The Kier molecular flexibility index (Phi) is 5.91. The molecule has 25 heavy (non-hydrogen) atoms. The second-order valence-electron chi connectivity index (χ2n) is 5.00. The first-order valence-corrected chi connectivity index (χ1v) is 9.53. The predicted molar refractivity (Wildman–Crippen MR) is 102 cm³/mol. The molecule has 3 rings (SSSR count). The highest BCUT2D eigenvalue weighted by atomic mass is 35.5. The number of hydrogen-bond acceptors (Lipinski definition) is 6. The molecule has 2 aromatic carbocycles. The van der Waals surface area contributed by atoms with Gasteiger partial charge in [-0.05, 0) is 55.5 Å². The molecule has 128 valence electrons. The van der Waals surface area contributed by atoms with E-state index in [0.29, 0.717) is 22.2 Å². The number of carbonyl (C=O) groups is 1. The van der Waals surface area contributed by atoms with Gasteiger partial charge in [-0.15, -0.1) is 10.2 Å². The Labute approximate surface area is 158 Å². The highest BCUT2D eigenvalue weighted by molar-refractivity contribution is 8.01. The minimum atomic E-state index is -0.0933. The fourth-order valence-electron chi connectivity index (χ4n) is 1.91. The van der Waals surface area contributed by atoms with Gasteiger partial charge in [-0.1, -0.05) is 34.7 Å². The van der Waals surface area contributed by atoms with E-state index in [1.54, 1.807) is 48.5 Å². The molecule has 0 atom stereocenters. The van der Waals surface area contributed by atoms with Crippen LogP contribution in [-0.2, 0) is 4.79 Å². The molecule has 0 fully saturated rings. The summed E-state index contributed by atoms with van der Waals surface area (Å²) in [6.45, 7) is 1.88. The van der Waals surface area contributed by atoms with E-state index >= 15 is 0 Å². The first-order valence-electron chi connectivity index (χ1n) is 7.35. The summed E-state index contributed by atoms with van der Waals surface area (Å²) in [7, 11) is 0. The average Bonchev–Trinajstić information content (AvgIpc) is 3.02. The van der Waals surface area contributed by atoms with Crippen LogP contribution in [0.25, 0.3) is 0 Å². The number of nitrogens with one attached hydrogen (secondary N) is 1. The lowest BCUT2D eigenvalue weighted by atomic mass is 10.3. The Bertz CT molecular complexity index is 851. The smallest absolute Gasteiger partial charge is 0.234 e. The van der Waals surface area contributed by atoms with Crippen LogP contribution in [0.2, 0.25) is 5.02 Å². The van der Waals surface area contributed by atoms with Crippen LogP contribution in [0.4, 0.5) is 5.69 Å². The number of carbonyl (C=O) groups excluding carboxylic acids is 1. The third-order valence-electron chi connectivity index (χ3n) is 3.02. The summed E-state index contributed by atoms with van der Waals surface area (Å²) in [6, 6.07) is 14.3. The summed E-state index contributed by atoms with van der Waals surface area (Å²) in [5.74, 6) is 1.57. The van der Waals surface area contributed by atoms with Gasteiger partial charge in [0.1, 0.15) is 16.5 Å². The zero-order valence-electron chi connectivity index (χ0n) is 13.2. The van der Waals surface area contributed by atoms with Crippen molar-refractivity contribution < 1.29 is 9.53 Å². The molecule has 1 heterocycles. The SMILES string of the molecule is Cc1nnc(SCC(=O)Nc2ccc(Oc3ccc(Cl)cc3)cc2)s1. The van der Waals surface area contributed by atoms with Gasteiger partial charge in [-0.3, -0.25) is 4.79 Å². The van der Waals surface area contributed by atoms with Gasteiger partial charge in [-0.25, -0.2) is 0 Å². The zero-order valence-corrected chi connectivity index (χ0v) is 15.6. The molecule has 0 aliphatic rings. The third kappa shape index (κ3) is 5.45. The number of halogens is 1. The quantitative estimate of drug-likeness (QED) is 0.597. The van der Waals surface area contributed by atoms with E-state index in [-0.39, 0.29) is 11.7 Å². The Balaban J connectivity index is 1.51. The van der Waals surface area contributed by atoms with Crippen molar-refractivity contribution in [2.75, 3.05) is 11.1 Å². The van der Waals surface area contributed by atoms with Crippen molar-refractivity contribution in [3.05, 3.63) is 58.6 Å². The van der Waals surface area contributed by atoms with E-state index in [4.69, 9.17) is 16.3 Å². The highest BCUT2D eigenvalue weighted by Gasteiger charge is 2.07. The van der Waals surface area contributed by atoms with Gasteiger partial charge in [0.25, 0.3) is 0 Å². The number of hydrogen-bond donors (Lipinski definition) is 1. The number of rotatable bonds is 6. The molecule has 1 N–H and O–H groups in total. The first kappa shape index (κ1) is 17.7. The van der Waals surface area contributed by atoms with Crippen LogP contribution in [0, 0.1) is 6.92 Å². The standard InChI is InChI=1S/C17H14ClN3O2S2/c1-11-20-21-17(25-11)24-10-16(22)19-13-4-8-15(9-5-13)23-14-6-2-12(18)3-7-14/h2-9H,10H2,1H3,(H,19,22). The summed E-state index contributed by atoms with van der Waals surface area (Å²) < 4.78 is 6.50. The first-order chi connectivity index (χ1) is 12.1. The van der Waals surface area contributed by atoms with E-state index in [1.165, 1.54) is 23.1 Å². The molecule has 0 radical (unpaired) electrons. The number of nitrogens with zero attached hydrogens (tertiary/aromatic N) is 2. The van der Waals surface area contributed by atoms with Crippen LogP contribution in [-0.4, -0.2) is 21.9 Å². The van der Waals surface area contributed by atoms with E-state index in [9.17, 15) is 4.79 Å². The Hall–Kier alpha value is -2.09. The van der Waals surface area contributed by atoms with Gasteiger partial charge in [0, 0.05) is 10.7 Å². The summed E-state index contributed by atoms with van der Waals surface area (Å²) >= 11 is 8.69. The average molecular weight is 392 g/mol. The van der Waals surface area contributed by atoms with Crippen molar-refractivity contribution in [3.63, 3.8) is 0 Å². The Morgan fingerprint density at radius 3 is 2.36 bits per heavy atom. The van der Waals surface area contributed by atoms with Crippen molar-refractivity contribution in [1.82, 2.24) is 10.2 Å². The van der Waals surface area contributed by atoms with E-state index in [0.717, 1.165) is 9.35 Å². The number of aryl methyl sites for hydroxylation is 1. The molecule has 0 saturated carbocycles. The summed E-state index contributed by atoms with van der Waals surface area (Å²) in [5.41, 5.74) is 0.711. The van der Waals surface area contributed by atoms with Crippen molar-refractivity contribution in [2.45, 2.75) is 11.3 Å². The lowest BCUT2D eigenvalue weighted by Gasteiger charge is -2.08. The normalized spacial score (nSPS) is 10.5. The maximum Gasteiger partial charge on any atom is 0.234 e. The molecule has 1 aromatic heterocycles. The Morgan fingerprint density at radius 2 is 1.76 bits per heavy atom. The molecular formula is C17H14ClN3O2S2. The molecule has 3 aromatic rings. The van der Waals surface area contributed by atoms with Gasteiger partial charge in [0.05, 0.1) is 5.75 Å². The second kappa shape index (κ2) is 8.33. The number of ether oxygens (including phenoxy) is 1. The van der Waals surface area contributed by atoms with E-state index in [2.05, 4.69) is 15.5 Å². The van der Waals surface area contributed by atoms with Gasteiger partial charge in [0.2, 0.25) is 5.91 Å². The van der Waals surface area contributed by atoms with E-state index < -0.39 is 0 Å². The third-order valence-corrected chi connectivity index (χ3v) is 5.25. The molecular weight excluding hydrogens is 378 g/mol. The summed E-state index contributed by atoms with van der Waals surface area (Å²) in [6.07, 6.45) is 0. The topological polar surface area (TPSA) is 64.1 Å². The number of anilines is 1. The molecule has 0 bridgehead atoms. The van der Waals surface area contributed by atoms with E-state index in [1.807, 2.05) is 6.92 Å². The van der Waals surface area contributed by atoms with Gasteiger partial charge < -0.3 is 10.1 Å².